The van der Waals surface area contributed by atoms with Gasteiger partial charge in [-0.1, -0.05) is 40.2 Å². The normalized spacial score (nSPS) is 16.2. The Labute approximate surface area is 179 Å². The summed E-state index contributed by atoms with van der Waals surface area (Å²) < 4.78 is 27.7. The molecule has 29 heavy (non-hydrogen) atoms. The number of aryl methyl sites for hydroxylation is 1. The van der Waals surface area contributed by atoms with Crippen molar-refractivity contribution in [3.63, 3.8) is 0 Å². The van der Waals surface area contributed by atoms with Crippen molar-refractivity contribution in [3.8, 4) is 0 Å². The van der Waals surface area contributed by atoms with Gasteiger partial charge in [-0.15, -0.1) is 0 Å². The first-order valence-electron chi connectivity index (χ1n) is 9.22. The predicted octanol–water partition coefficient (Wildman–Crippen LogP) is 2.21. The molecule has 0 atom stereocenters. The highest BCUT2D eigenvalue weighted by atomic mass is 79.9. The summed E-state index contributed by atoms with van der Waals surface area (Å²) in [7, 11) is -3.52. The highest BCUT2D eigenvalue weighted by Crippen LogP contribution is 2.20. The Morgan fingerprint density at radius 1 is 1.10 bits per heavy atom. The molecule has 1 amide bonds. The number of hydrogen-bond donors (Lipinski definition) is 1. The van der Waals surface area contributed by atoms with E-state index in [9.17, 15) is 13.2 Å². The SMILES string of the molecule is Cc1ccccc1/C=N/NC(=O)CN1CCN(S(=O)(=O)c2ccc(Br)cc2)CC1. The Bertz CT molecular complexity index is 985. The van der Waals surface area contributed by atoms with Gasteiger partial charge in [0.1, 0.15) is 0 Å². The zero-order valence-corrected chi connectivity index (χ0v) is 18.5. The minimum absolute atomic E-state index is 0.178. The molecule has 0 saturated carbocycles. The standard InChI is InChI=1S/C20H23BrN4O3S/c1-16-4-2-3-5-17(16)14-22-23-20(26)15-24-10-12-25(13-11-24)29(27,28)19-8-6-18(21)7-9-19/h2-9,14H,10-13,15H2,1H3,(H,23,26)/b22-14+. The molecule has 1 heterocycles. The first-order chi connectivity index (χ1) is 13.9. The monoisotopic (exact) mass is 478 g/mol. The quantitative estimate of drug-likeness (QED) is 0.509. The Hall–Kier alpha value is -2.07. The molecule has 3 rings (SSSR count). The van der Waals surface area contributed by atoms with Gasteiger partial charge >= 0.3 is 0 Å². The predicted molar refractivity (Wildman–Crippen MR) is 116 cm³/mol. The largest absolute Gasteiger partial charge is 0.292 e. The summed E-state index contributed by atoms with van der Waals surface area (Å²) in [6.45, 7) is 3.83. The summed E-state index contributed by atoms with van der Waals surface area (Å²) in [6, 6.07) is 14.4. The van der Waals surface area contributed by atoms with E-state index in [2.05, 4.69) is 26.5 Å². The van der Waals surface area contributed by atoms with Gasteiger partial charge in [0, 0.05) is 30.7 Å². The van der Waals surface area contributed by atoms with Gasteiger partial charge in [-0.25, -0.2) is 13.8 Å². The van der Waals surface area contributed by atoms with E-state index in [1.54, 1.807) is 30.5 Å². The smallest absolute Gasteiger partial charge is 0.254 e. The Morgan fingerprint density at radius 3 is 2.41 bits per heavy atom. The number of nitrogens with zero attached hydrogens (tertiary/aromatic N) is 3. The van der Waals surface area contributed by atoms with Crippen LogP contribution in [0.3, 0.4) is 0 Å². The van der Waals surface area contributed by atoms with Crippen LogP contribution in [-0.4, -0.2) is 62.5 Å². The van der Waals surface area contributed by atoms with Gasteiger partial charge < -0.3 is 0 Å². The number of amides is 1. The second-order valence-electron chi connectivity index (χ2n) is 6.78. The molecular weight excluding hydrogens is 456 g/mol. The number of halogens is 1. The molecule has 9 heteroatoms. The van der Waals surface area contributed by atoms with Gasteiger partial charge in [0.25, 0.3) is 5.91 Å². The molecule has 2 aromatic rings. The van der Waals surface area contributed by atoms with Crippen molar-refractivity contribution in [3.05, 3.63) is 64.1 Å². The van der Waals surface area contributed by atoms with Gasteiger partial charge in [-0.05, 0) is 42.3 Å². The second-order valence-corrected chi connectivity index (χ2v) is 9.64. The number of benzene rings is 2. The fourth-order valence-electron chi connectivity index (χ4n) is 3.03. The van der Waals surface area contributed by atoms with E-state index < -0.39 is 10.0 Å². The third-order valence-electron chi connectivity index (χ3n) is 4.73. The summed E-state index contributed by atoms with van der Waals surface area (Å²) in [5.74, 6) is -0.223. The fraction of sp³-hybridized carbons (Fsp3) is 0.300. The molecule has 0 radical (unpaired) electrons. The molecule has 0 unspecified atom stereocenters. The van der Waals surface area contributed by atoms with E-state index in [-0.39, 0.29) is 17.3 Å². The molecule has 0 spiro atoms. The summed E-state index contributed by atoms with van der Waals surface area (Å²) >= 11 is 3.31. The molecule has 1 N–H and O–H groups in total. The maximum absolute atomic E-state index is 12.7. The molecule has 1 saturated heterocycles. The van der Waals surface area contributed by atoms with Gasteiger partial charge in [-0.3, -0.25) is 9.69 Å². The highest BCUT2D eigenvalue weighted by Gasteiger charge is 2.28. The second kappa shape index (κ2) is 9.62. The van der Waals surface area contributed by atoms with Crippen LogP contribution in [-0.2, 0) is 14.8 Å². The number of nitrogens with one attached hydrogen (secondary N) is 1. The zero-order valence-electron chi connectivity index (χ0n) is 16.1. The van der Waals surface area contributed by atoms with Crippen molar-refractivity contribution in [2.45, 2.75) is 11.8 Å². The van der Waals surface area contributed by atoms with Crippen molar-refractivity contribution in [2.75, 3.05) is 32.7 Å². The maximum Gasteiger partial charge on any atom is 0.254 e. The highest BCUT2D eigenvalue weighted by molar-refractivity contribution is 9.10. The number of rotatable bonds is 6. The van der Waals surface area contributed by atoms with Crippen LogP contribution >= 0.6 is 15.9 Å². The number of sulfonamides is 1. The van der Waals surface area contributed by atoms with Crippen molar-refractivity contribution in [2.24, 2.45) is 5.10 Å². The first kappa shape index (κ1) is 21.6. The van der Waals surface area contributed by atoms with Gasteiger partial charge in [-0.2, -0.15) is 9.41 Å². The fourth-order valence-corrected chi connectivity index (χ4v) is 4.71. The summed E-state index contributed by atoms with van der Waals surface area (Å²) in [5.41, 5.74) is 4.55. The van der Waals surface area contributed by atoms with Crippen LogP contribution in [0.2, 0.25) is 0 Å². The molecule has 2 aromatic carbocycles. The minimum atomic E-state index is -3.52. The first-order valence-corrected chi connectivity index (χ1v) is 11.5. The Balaban J connectivity index is 1.48. The van der Waals surface area contributed by atoms with E-state index in [4.69, 9.17) is 0 Å². The lowest BCUT2D eigenvalue weighted by Crippen LogP contribution is -2.50. The van der Waals surface area contributed by atoms with Crippen LogP contribution < -0.4 is 5.43 Å². The van der Waals surface area contributed by atoms with Crippen LogP contribution in [0, 0.1) is 6.92 Å². The van der Waals surface area contributed by atoms with Crippen LogP contribution in [0.5, 0.6) is 0 Å². The van der Waals surface area contributed by atoms with E-state index in [1.165, 1.54) is 4.31 Å². The van der Waals surface area contributed by atoms with E-state index in [0.717, 1.165) is 15.6 Å². The summed E-state index contributed by atoms with van der Waals surface area (Å²) in [6.07, 6.45) is 1.62. The molecule has 1 aliphatic heterocycles. The topological polar surface area (TPSA) is 82.1 Å². The average Bonchev–Trinajstić information content (AvgIpc) is 2.70. The Morgan fingerprint density at radius 2 is 1.76 bits per heavy atom. The van der Waals surface area contributed by atoms with Crippen LogP contribution in [0.1, 0.15) is 11.1 Å². The van der Waals surface area contributed by atoms with Crippen molar-refractivity contribution in [1.29, 1.82) is 0 Å². The summed E-state index contributed by atoms with van der Waals surface area (Å²) in [5, 5.41) is 4.01. The van der Waals surface area contributed by atoms with Gasteiger partial charge in [0.2, 0.25) is 10.0 Å². The van der Waals surface area contributed by atoms with E-state index in [1.807, 2.05) is 36.1 Å². The zero-order chi connectivity index (χ0) is 20.9. The molecular formula is C20H23BrN4O3S. The third-order valence-corrected chi connectivity index (χ3v) is 7.17. The number of piperazine rings is 1. The molecule has 0 aromatic heterocycles. The third kappa shape index (κ3) is 5.72. The lowest BCUT2D eigenvalue weighted by molar-refractivity contribution is -0.122. The van der Waals surface area contributed by atoms with Crippen LogP contribution in [0.25, 0.3) is 0 Å². The van der Waals surface area contributed by atoms with Crippen molar-refractivity contribution < 1.29 is 13.2 Å². The molecule has 0 bridgehead atoms. The molecule has 1 fully saturated rings. The molecule has 154 valence electrons. The van der Waals surface area contributed by atoms with E-state index >= 15 is 0 Å². The number of hydrogen-bond acceptors (Lipinski definition) is 5. The van der Waals surface area contributed by atoms with Crippen molar-refractivity contribution >= 4 is 38.1 Å². The van der Waals surface area contributed by atoms with Crippen LogP contribution in [0.4, 0.5) is 0 Å². The average molecular weight is 479 g/mol. The number of carbonyl (C=O) groups is 1. The number of hydrazone groups is 1. The van der Waals surface area contributed by atoms with Gasteiger partial charge in [0.15, 0.2) is 0 Å². The summed E-state index contributed by atoms with van der Waals surface area (Å²) in [4.78, 5) is 14.3. The lowest BCUT2D eigenvalue weighted by atomic mass is 10.1. The maximum atomic E-state index is 12.7. The number of carbonyl (C=O) groups excluding carboxylic acids is 1. The Kier molecular flexibility index (Phi) is 7.18. The van der Waals surface area contributed by atoms with Gasteiger partial charge in [0.05, 0.1) is 17.7 Å². The molecule has 0 aliphatic carbocycles. The van der Waals surface area contributed by atoms with Crippen LogP contribution in [0.15, 0.2) is 63.0 Å². The molecule has 1 aliphatic rings. The minimum Gasteiger partial charge on any atom is -0.292 e. The molecule has 7 nitrogen and oxygen atoms in total. The van der Waals surface area contributed by atoms with E-state index in [0.29, 0.717) is 26.2 Å². The van der Waals surface area contributed by atoms with Crippen molar-refractivity contribution in [1.82, 2.24) is 14.6 Å². The lowest BCUT2D eigenvalue weighted by Gasteiger charge is -2.33.